The van der Waals surface area contributed by atoms with Gasteiger partial charge in [0.25, 0.3) is 9.84 Å². The van der Waals surface area contributed by atoms with Crippen LogP contribution < -0.4 is 5.73 Å². The number of halogens is 3. The maximum atomic E-state index is 12.3. The zero-order valence-corrected chi connectivity index (χ0v) is 8.93. The van der Waals surface area contributed by atoms with Crippen LogP contribution in [0.1, 0.15) is 0 Å². The van der Waals surface area contributed by atoms with Gasteiger partial charge in [-0.1, -0.05) is 0 Å². The number of nitrogen functional groups attached to an aromatic ring is 1. The summed E-state index contributed by atoms with van der Waals surface area (Å²) in [5, 5.41) is 0. The number of alkyl halides is 3. The number of hydrogen-bond acceptors (Lipinski definition) is 4. The number of imidazole rings is 1. The molecule has 0 saturated carbocycles. The number of anilines is 1. The van der Waals surface area contributed by atoms with Gasteiger partial charge in [0.2, 0.25) is 0 Å². The third-order valence-corrected chi connectivity index (χ3v) is 3.57. The van der Waals surface area contributed by atoms with Gasteiger partial charge in [-0.3, -0.25) is 0 Å². The fourth-order valence-corrected chi connectivity index (χ4v) is 2.10. The van der Waals surface area contributed by atoms with E-state index < -0.39 is 20.2 Å². The van der Waals surface area contributed by atoms with Gasteiger partial charge in [-0.2, -0.15) is 13.2 Å². The zero-order chi connectivity index (χ0) is 12.8. The number of aromatic amines is 1. The van der Waals surface area contributed by atoms with Gasteiger partial charge in [0.05, 0.1) is 15.9 Å². The molecule has 0 fully saturated rings. The van der Waals surface area contributed by atoms with Gasteiger partial charge in [-0.25, -0.2) is 13.4 Å². The molecular weight excluding hydrogens is 259 g/mol. The lowest BCUT2D eigenvalue weighted by Gasteiger charge is -2.07. The molecule has 0 atom stereocenters. The Bertz CT molecular complexity index is 675. The topological polar surface area (TPSA) is 88.8 Å². The van der Waals surface area contributed by atoms with Gasteiger partial charge in [0, 0.05) is 0 Å². The first-order valence-corrected chi connectivity index (χ1v) is 5.77. The largest absolute Gasteiger partial charge is 0.501 e. The SMILES string of the molecule is Nc1nc2ccc(S(=O)(=O)C(F)(F)F)cc2[nH]1. The maximum Gasteiger partial charge on any atom is 0.501 e. The monoisotopic (exact) mass is 265 g/mol. The summed E-state index contributed by atoms with van der Waals surface area (Å²) in [5.74, 6) is 0.00144. The molecule has 0 saturated heterocycles. The van der Waals surface area contributed by atoms with Gasteiger partial charge < -0.3 is 10.7 Å². The van der Waals surface area contributed by atoms with Crippen LogP contribution in [0.15, 0.2) is 23.1 Å². The van der Waals surface area contributed by atoms with Crippen LogP contribution in [0.2, 0.25) is 0 Å². The number of hydrogen-bond donors (Lipinski definition) is 2. The van der Waals surface area contributed by atoms with Crippen molar-refractivity contribution in [3.63, 3.8) is 0 Å². The Labute approximate surface area is 93.4 Å². The predicted molar refractivity (Wildman–Crippen MR) is 53.7 cm³/mol. The maximum absolute atomic E-state index is 12.3. The van der Waals surface area contributed by atoms with Gasteiger partial charge in [-0.15, -0.1) is 0 Å². The van der Waals surface area contributed by atoms with E-state index in [1.165, 1.54) is 0 Å². The molecule has 5 nitrogen and oxygen atoms in total. The standard InChI is InChI=1S/C8H6F3N3O2S/c9-8(10,11)17(15,16)4-1-2-5-6(3-4)14-7(12)13-5/h1-3H,(H3,12,13,14). The summed E-state index contributed by atoms with van der Waals surface area (Å²) in [6.07, 6.45) is 0. The minimum atomic E-state index is -5.35. The average molecular weight is 265 g/mol. The molecule has 3 N–H and O–H groups in total. The van der Waals surface area contributed by atoms with E-state index in [0.29, 0.717) is 5.52 Å². The Balaban J connectivity index is 2.65. The summed E-state index contributed by atoms with van der Waals surface area (Å²) >= 11 is 0. The first kappa shape index (κ1) is 11.7. The minimum absolute atomic E-state index is 0.00144. The van der Waals surface area contributed by atoms with Crippen molar-refractivity contribution in [2.75, 3.05) is 5.73 Å². The molecule has 0 unspecified atom stereocenters. The Morgan fingerprint density at radius 1 is 1.29 bits per heavy atom. The number of aromatic nitrogens is 2. The third kappa shape index (κ3) is 1.82. The number of nitrogens with zero attached hydrogens (tertiary/aromatic N) is 1. The summed E-state index contributed by atoms with van der Waals surface area (Å²) < 4.78 is 59.1. The van der Waals surface area contributed by atoms with Crippen molar-refractivity contribution in [1.29, 1.82) is 0 Å². The van der Waals surface area contributed by atoms with Crippen LogP contribution >= 0.6 is 0 Å². The second-order valence-corrected chi connectivity index (χ2v) is 5.19. The van der Waals surface area contributed by atoms with Crippen LogP contribution in [0.3, 0.4) is 0 Å². The lowest BCUT2D eigenvalue weighted by molar-refractivity contribution is -0.0435. The molecule has 0 spiro atoms. The summed E-state index contributed by atoms with van der Waals surface area (Å²) in [6.45, 7) is 0. The van der Waals surface area contributed by atoms with Crippen LogP contribution in [-0.2, 0) is 9.84 Å². The number of fused-ring (bicyclic) bond motifs is 1. The lowest BCUT2D eigenvalue weighted by atomic mass is 10.3. The second-order valence-electron chi connectivity index (χ2n) is 3.25. The molecule has 2 aromatic rings. The van der Waals surface area contributed by atoms with Gasteiger partial charge in [-0.05, 0) is 18.2 Å². The van der Waals surface area contributed by atoms with E-state index in [-0.39, 0.29) is 11.5 Å². The van der Waals surface area contributed by atoms with Gasteiger partial charge in [0.15, 0.2) is 5.95 Å². The van der Waals surface area contributed by atoms with E-state index in [1.807, 2.05) is 0 Å². The Morgan fingerprint density at radius 3 is 2.53 bits per heavy atom. The molecule has 0 aliphatic carbocycles. The molecule has 1 aromatic heterocycles. The zero-order valence-electron chi connectivity index (χ0n) is 8.12. The van der Waals surface area contributed by atoms with Crippen LogP contribution in [0, 0.1) is 0 Å². The molecule has 0 bridgehead atoms. The van der Waals surface area contributed by atoms with Crippen molar-refractivity contribution >= 4 is 26.8 Å². The molecule has 0 aliphatic heterocycles. The molecule has 17 heavy (non-hydrogen) atoms. The number of sulfone groups is 1. The smallest absolute Gasteiger partial charge is 0.369 e. The third-order valence-electron chi connectivity index (χ3n) is 2.09. The first-order valence-electron chi connectivity index (χ1n) is 4.28. The van der Waals surface area contributed by atoms with Crippen molar-refractivity contribution < 1.29 is 21.6 Å². The highest BCUT2D eigenvalue weighted by atomic mass is 32.2. The number of nitrogens with two attached hydrogens (primary N) is 1. The highest BCUT2D eigenvalue weighted by molar-refractivity contribution is 7.92. The lowest BCUT2D eigenvalue weighted by Crippen LogP contribution is -2.23. The van der Waals surface area contributed by atoms with E-state index in [2.05, 4.69) is 9.97 Å². The quantitative estimate of drug-likeness (QED) is 0.816. The van der Waals surface area contributed by atoms with Crippen molar-refractivity contribution in [3.05, 3.63) is 18.2 Å². The summed E-state index contributed by atoms with van der Waals surface area (Å²) in [6, 6.07) is 2.84. The van der Waals surface area contributed by atoms with Crippen LogP contribution in [0.25, 0.3) is 11.0 Å². The normalized spacial score (nSPS) is 13.1. The number of H-pyrrole nitrogens is 1. The Morgan fingerprint density at radius 2 is 1.94 bits per heavy atom. The first-order chi connectivity index (χ1) is 7.72. The molecule has 0 aliphatic rings. The van der Waals surface area contributed by atoms with Gasteiger partial charge in [0.1, 0.15) is 0 Å². The minimum Gasteiger partial charge on any atom is -0.369 e. The van der Waals surface area contributed by atoms with Crippen molar-refractivity contribution in [3.8, 4) is 0 Å². The molecule has 1 aromatic carbocycles. The second kappa shape index (κ2) is 3.36. The fourth-order valence-electron chi connectivity index (χ4n) is 1.31. The Hall–Kier alpha value is -1.77. The van der Waals surface area contributed by atoms with E-state index >= 15 is 0 Å². The molecule has 0 radical (unpaired) electrons. The van der Waals surface area contributed by atoms with E-state index in [1.54, 1.807) is 0 Å². The average Bonchev–Trinajstić information content (AvgIpc) is 2.54. The van der Waals surface area contributed by atoms with E-state index in [0.717, 1.165) is 18.2 Å². The highest BCUT2D eigenvalue weighted by Crippen LogP contribution is 2.31. The number of nitrogens with one attached hydrogen (secondary N) is 1. The Kier molecular flexibility index (Phi) is 2.31. The summed E-state index contributed by atoms with van der Waals surface area (Å²) in [7, 11) is -5.35. The van der Waals surface area contributed by atoms with Crippen LogP contribution in [0.4, 0.5) is 19.1 Å². The van der Waals surface area contributed by atoms with Crippen LogP contribution in [0.5, 0.6) is 0 Å². The molecular formula is C8H6F3N3O2S. The van der Waals surface area contributed by atoms with Crippen molar-refractivity contribution in [1.82, 2.24) is 9.97 Å². The van der Waals surface area contributed by atoms with Crippen molar-refractivity contribution in [2.24, 2.45) is 0 Å². The highest BCUT2D eigenvalue weighted by Gasteiger charge is 2.46. The summed E-state index contributed by atoms with van der Waals surface area (Å²) in [4.78, 5) is 5.36. The molecule has 1 heterocycles. The molecule has 9 heteroatoms. The van der Waals surface area contributed by atoms with E-state index in [9.17, 15) is 21.6 Å². The van der Waals surface area contributed by atoms with Crippen LogP contribution in [-0.4, -0.2) is 23.9 Å². The number of rotatable bonds is 1. The molecule has 92 valence electrons. The van der Waals surface area contributed by atoms with Crippen molar-refractivity contribution in [2.45, 2.75) is 10.4 Å². The number of benzene rings is 1. The van der Waals surface area contributed by atoms with E-state index in [4.69, 9.17) is 5.73 Å². The predicted octanol–water partition coefficient (Wildman–Crippen LogP) is 1.44. The molecule has 0 amide bonds. The van der Waals surface area contributed by atoms with Gasteiger partial charge >= 0.3 is 5.51 Å². The summed E-state index contributed by atoms with van der Waals surface area (Å²) in [5.41, 5.74) is 0.397. The fraction of sp³-hybridized carbons (Fsp3) is 0.125. The molecule has 2 rings (SSSR count).